The van der Waals surface area contributed by atoms with E-state index in [2.05, 4.69) is 29.6 Å². The van der Waals surface area contributed by atoms with Crippen molar-refractivity contribution in [2.75, 3.05) is 13.2 Å². The molecule has 1 amide bonds. The van der Waals surface area contributed by atoms with Crippen molar-refractivity contribution in [1.29, 1.82) is 0 Å². The summed E-state index contributed by atoms with van der Waals surface area (Å²) in [5, 5.41) is 3.25. The number of carbonyl (C=O) groups is 2. The molecular formula is C31H31BClNO5. The third-order valence-corrected chi connectivity index (χ3v) is 8.21. The first-order valence-corrected chi connectivity index (χ1v) is 13.4. The zero-order valence-electron chi connectivity index (χ0n) is 22.5. The Hall–Kier alpha value is -3.39. The summed E-state index contributed by atoms with van der Waals surface area (Å²) in [7, 11) is -0.750. The Labute approximate surface area is 234 Å². The Bertz CT molecular complexity index is 1390. The molecule has 0 unspecified atom stereocenters. The second-order valence-electron chi connectivity index (χ2n) is 10.8. The Morgan fingerprint density at radius 1 is 0.949 bits per heavy atom. The van der Waals surface area contributed by atoms with Gasteiger partial charge in [0.15, 0.2) is 6.29 Å². The van der Waals surface area contributed by atoms with Crippen LogP contribution in [0.25, 0.3) is 17.2 Å². The predicted molar refractivity (Wildman–Crippen MR) is 154 cm³/mol. The van der Waals surface area contributed by atoms with Crippen LogP contribution in [-0.4, -0.2) is 43.9 Å². The van der Waals surface area contributed by atoms with E-state index in [1.54, 1.807) is 24.3 Å². The fourth-order valence-corrected chi connectivity index (χ4v) is 5.25. The second-order valence-corrected chi connectivity index (χ2v) is 11.3. The van der Waals surface area contributed by atoms with E-state index in [-0.39, 0.29) is 19.1 Å². The lowest BCUT2D eigenvalue weighted by molar-refractivity contribution is 0.00578. The molecule has 2 aliphatic rings. The molecule has 6 nitrogen and oxygen atoms in total. The molecule has 1 heterocycles. The zero-order valence-corrected chi connectivity index (χ0v) is 23.2. The molecule has 0 spiro atoms. The zero-order chi connectivity index (χ0) is 27.8. The molecule has 3 aromatic carbocycles. The van der Waals surface area contributed by atoms with Crippen LogP contribution < -0.4 is 5.32 Å². The van der Waals surface area contributed by atoms with Crippen LogP contribution in [-0.2, 0) is 14.0 Å². The standard InChI is InChI=1S/C31H31BClNO5/c1-30(2)31(3,4)39-32(38-30)21(16-26-20(18-35)10-9-15-28(26)33)17-34-29(36)37-19-27-24-13-7-5-11-22(24)23-12-6-8-14-25(23)27/h5-16,18,27H,17,19H2,1-4H3,(H,34,36). The number of hydrogen-bond acceptors (Lipinski definition) is 5. The predicted octanol–water partition coefficient (Wildman–Crippen LogP) is 6.71. The van der Waals surface area contributed by atoms with Gasteiger partial charge in [-0.3, -0.25) is 4.79 Å². The van der Waals surface area contributed by atoms with Crippen molar-refractivity contribution in [2.24, 2.45) is 0 Å². The van der Waals surface area contributed by atoms with E-state index in [0.29, 0.717) is 21.6 Å². The van der Waals surface area contributed by atoms with Crippen LogP contribution >= 0.6 is 11.6 Å². The quantitative estimate of drug-likeness (QED) is 0.265. The number of nitrogens with one attached hydrogen (secondary N) is 1. The van der Waals surface area contributed by atoms with Crippen molar-refractivity contribution in [3.8, 4) is 11.1 Å². The molecular weight excluding hydrogens is 513 g/mol. The highest BCUT2D eigenvalue weighted by Crippen LogP contribution is 2.44. The minimum Gasteiger partial charge on any atom is -0.449 e. The van der Waals surface area contributed by atoms with Crippen LogP contribution in [0, 0.1) is 0 Å². The fraction of sp³-hybridized carbons (Fsp3) is 0.290. The van der Waals surface area contributed by atoms with E-state index in [1.165, 1.54) is 11.1 Å². The number of rotatable bonds is 7. The minimum atomic E-state index is -0.750. The monoisotopic (exact) mass is 543 g/mol. The van der Waals surface area contributed by atoms with E-state index in [9.17, 15) is 9.59 Å². The van der Waals surface area contributed by atoms with E-state index >= 15 is 0 Å². The number of fused-ring (bicyclic) bond motifs is 3. The summed E-state index contributed by atoms with van der Waals surface area (Å²) in [5.74, 6) is -0.0421. The van der Waals surface area contributed by atoms with Crippen molar-refractivity contribution >= 4 is 37.2 Å². The van der Waals surface area contributed by atoms with Crippen molar-refractivity contribution in [3.05, 3.63) is 99.5 Å². The molecule has 3 aromatic rings. The Kier molecular flexibility index (Phi) is 7.42. The Morgan fingerprint density at radius 2 is 1.54 bits per heavy atom. The van der Waals surface area contributed by atoms with Gasteiger partial charge in [0.25, 0.3) is 0 Å². The van der Waals surface area contributed by atoms with Gasteiger partial charge in [-0.1, -0.05) is 78.3 Å². The van der Waals surface area contributed by atoms with Crippen molar-refractivity contribution < 1.29 is 23.6 Å². The molecule has 1 aliphatic heterocycles. The largest absolute Gasteiger partial charge is 0.492 e. The van der Waals surface area contributed by atoms with Crippen LogP contribution in [0.4, 0.5) is 4.79 Å². The van der Waals surface area contributed by atoms with Gasteiger partial charge < -0.3 is 19.4 Å². The Balaban J connectivity index is 1.34. The highest BCUT2D eigenvalue weighted by atomic mass is 35.5. The van der Waals surface area contributed by atoms with Gasteiger partial charge in [0, 0.05) is 28.6 Å². The van der Waals surface area contributed by atoms with Gasteiger partial charge in [-0.15, -0.1) is 0 Å². The third kappa shape index (κ3) is 5.27. The number of alkyl carbamates (subject to hydrolysis) is 1. The minimum absolute atomic E-state index is 0.0421. The SMILES string of the molecule is CC1(C)OB(C(=Cc2c(Cl)cccc2C=O)CNC(=O)OCC2c3ccccc3-c3ccccc32)OC1(C)C. The van der Waals surface area contributed by atoms with E-state index in [1.807, 2.05) is 52.0 Å². The number of amides is 1. The number of aldehydes is 1. The van der Waals surface area contributed by atoms with Crippen molar-refractivity contribution in [2.45, 2.75) is 44.8 Å². The summed E-state index contributed by atoms with van der Waals surface area (Å²) in [6.07, 6.45) is 1.94. The molecule has 0 saturated carbocycles. The topological polar surface area (TPSA) is 73.9 Å². The molecule has 200 valence electrons. The smallest absolute Gasteiger partial charge is 0.449 e. The maximum atomic E-state index is 12.9. The van der Waals surface area contributed by atoms with Gasteiger partial charge in [-0.25, -0.2) is 4.79 Å². The number of benzene rings is 3. The van der Waals surface area contributed by atoms with E-state index in [4.69, 9.17) is 25.6 Å². The highest BCUT2D eigenvalue weighted by Gasteiger charge is 2.52. The van der Waals surface area contributed by atoms with E-state index in [0.717, 1.165) is 17.4 Å². The van der Waals surface area contributed by atoms with Gasteiger partial charge in [0.1, 0.15) is 6.61 Å². The van der Waals surface area contributed by atoms with Crippen LogP contribution in [0.3, 0.4) is 0 Å². The first-order chi connectivity index (χ1) is 18.6. The average molecular weight is 544 g/mol. The molecule has 1 aliphatic carbocycles. The molecule has 1 saturated heterocycles. The van der Waals surface area contributed by atoms with Gasteiger partial charge in [0.2, 0.25) is 0 Å². The summed E-state index contributed by atoms with van der Waals surface area (Å²) in [5.41, 5.74) is 5.01. The lowest BCUT2D eigenvalue weighted by Gasteiger charge is -2.32. The fourth-order valence-electron chi connectivity index (χ4n) is 5.01. The lowest BCUT2D eigenvalue weighted by Crippen LogP contribution is -2.41. The Morgan fingerprint density at radius 3 is 2.13 bits per heavy atom. The van der Waals surface area contributed by atoms with Crippen molar-refractivity contribution in [3.63, 3.8) is 0 Å². The maximum absolute atomic E-state index is 12.9. The lowest BCUT2D eigenvalue weighted by atomic mass is 9.76. The first-order valence-electron chi connectivity index (χ1n) is 13.0. The van der Waals surface area contributed by atoms with Gasteiger partial charge >= 0.3 is 13.2 Å². The molecule has 1 fully saturated rings. The number of ether oxygens (including phenoxy) is 1. The average Bonchev–Trinajstić information content (AvgIpc) is 3.34. The third-order valence-electron chi connectivity index (χ3n) is 7.88. The first kappa shape index (κ1) is 27.2. The molecule has 0 radical (unpaired) electrons. The number of halogens is 1. The molecule has 0 aromatic heterocycles. The van der Waals surface area contributed by atoms with Gasteiger partial charge in [0.05, 0.1) is 11.2 Å². The van der Waals surface area contributed by atoms with Crippen LogP contribution in [0.15, 0.2) is 72.2 Å². The van der Waals surface area contributed by atoms with Gasteiger partial charge in [-0.2, -0.15) is 0 Å². The van der Waals surface area contributed by atoms with Crippen molar-refractivity contribution in [1.82, 2.24) is 5.32 Å². The summed E-state index contributed by atoms with van der Waals surface area (Å²) >= 11 is 6.44. The number of hydrogen-bond donors (Lipinski definition) is 1. The molecule has 0 atom stereocenters. The van der Waals surface area contributed by atoms with Gasteiger partial charge in [-0.05, 0) is 61.5 Å². The molecule has 8 heteroatoms. The summed E-state index contributed by atoms with van der Waals surface area (Å²) in [6.45, 7) is 8.10. The maximum Gasteiger partial charge on any atom is 0.492 e. The molecule has 5 rings (SSSR count). The van der Waals surface area contributed by atoms with Crippen LogP contribution in [0.1, 0.15) is 60.7 Å². The number of carbonyl (C=O) groups excluding carboxylic acids is 2. The molecule has 1 N–H and O–H groups in total. The van der Waals surface area contributed by atoms with E-state index < -0.39 is 24.4 Å². The summed E-state index contributed by atoms with van der Waals surface area (Å²) < 4.78 is 18.2. The second kappa shape index (κ2) is 10.6. The highest BCUT2D eigenvalue weighted by molar-refractivity contribution is 6.56. The normalized spacial score (nSPS) is 17.5. The summed E-state index contributed by atoms with van der Waals surface area (Å²) in [6, 6.07) is 21.5. The van der Waals surface area contributed by atoms with Crippen LogP contribution in [0.2, 0.25) is 5.02 Å². The molecule has 39 heavy (non-hydrogen) atoms. The molecule has 0 bridgehead atoms. The van der Waals surface area contributed by atoms with Crippen LogP contribution in [0.5, 0.6) is 0 Å². The summed E-state index contributed by atoms with van der Waals surface area (Å²) in [4.78, 5) is 24.6.